The number of aryl methyl sites for hydroxylation is 1. The lowest BCUT2D eigenvalue weighted by molar-refractivity contribution is -0.160. The number of phenols is 3. The molecule has 11 rings (SSSR count). The molecule has 8 N–H and O–H groups in total. The number of hydrogen-bond acceptors (Lipinski definition) is 18. The van der Waals surface area contributed by atoms with E-state index in [9.17, 15) is 54.6 Å². The molecule has 1 amide bonds. The van der Waals surface area contributed by atoms with E-state index in [-0.39, 0.29) is 73.5 Å². The van der Waals surface area contributed by atoms with Gasteiger partial charge in [0, 0.05) is 98.9 Å². The minimum Gasteiger partial charge on any atom is -0.507 e. The molecule has 0 unspecified atom stereocenters. The number of aliphatic hydroxyl groups is 2. The van der Waals surface area contributed by atoms with Gasteiger partial charge in [0.25, 0.3) is 17.2 Å². The Hall–Kier alpha value is -7.53. The number of aromatic nitrogens is 1. The normalized spacial score (nSPS) is 29.7. The number of fused-ring (bicyclic) bond motifs is 15. The molecule has 10 atom stereocenters. The van der Waals surface area contributed by atoms with Gasteiger partial charge >= 0.3 is 17.7 Å². The fourth-order valence-electron chi connectivity index (χ4n) is 13.7. The van der Waals surface area contributed by atoms with Crippen molar-refractivity contribution in [3.05, 3.63) is 98.0 Å². The van der Waals surface area contributed by atoms with Crippen LogP contribution >= 0.6 is 0 Å². The number of anilines is 2. The Morgan fingerprint density at radius 2 is 1.59 bits per heavy atom. The molecule has 2 saturated carbocycles. The van der Waals surface area contributed by atoms with Crippen LogP contribution in [0, 0.1) is 49.3 Å². The number of carboxylic acids is 1. The van der Waals surface area contributed by atoms with Crippen LogP contribution in [-0.2, 0) is 23.8 Å². The van der Waals surface area contributed by atoms with Crippen LogP contribution in [-0.4, -0.2) is 145 Å². The molecule has 7 aliphatic rings. The van der Waals surface area contributed by atoms with Crippen LogP contribution in [0.2, 0.25) is 0 Å². The lowest BCUT2D eigenvalue weighted by atomic mass is 9.78. The number of methoxy groups -OCH3 is 1. The van der Waals surface area contributed by atoms with Crippen molar-refractivity contribution in [1.29, 1.82) is 0 Å². The summed E-state index contributed by atoms with van der Waals surface area (Å²) in [5, 5.41) is 82.2. The number of benzene rings is 2. The number of aromatic hydroxyl groups is 3. The van der Waals surface area contributed by atoms with E-state index in [1.165, 1.54) is 69.9 Å². The summed E-state index contributed by atoms with van der Waals surface area (Å²) in [4.78, 5) is 68.8. The number of allylic oxidation sites excluding steroid dienone is 2. The molecule has 0 spiro atoms. The third kappa shape index (κ3) is 11.2. The number of Topliss-reactive ketones (excluding diaryl/α,β-unsaturated/α-hetero) is 1. The molecule has 2 aromatic carbocycles. The van der Waals surface area contributed by atoms with Gasteiger partial charge in [0.05, 0.1) is 70.4 Å². The second kappa shape index (κ2) is 23.6. The molecule has 7 heterocycles. The van der Waals surface area contributed by atoms with Crippen LogP contribution in [0.4, 0.5) is 15.8 Å². The number of pyridine rings is 2. The van der Waals surface area contributed by atoms with Gasteiger partial charge < -0.3 is 65.1 Å². The lowest BCUT2D eigenvalue weighted by Gasteiger charge is -2.38. The van der Waals surface area contributed by atoms with E-state index >= 15 is 4.39 Å². The Morgan fingerprint density at radius 1 is 0.895 bits per heavy atom. The van der Waals surface area contributed by atoms with Crippen molar-refractivity contribution in [1.82, 2.24) is 14.7 Å². The van der Waals surface area contributed by atoms with Gasteiger partial charge in [0.2, 0.25) is 0 Å². The van der Waals surface area contributed by atoms with Gasteiger partial charge in [0.1, 0.15) is 28.9 Å². The first kappa shape index (κ1) is 61.6. The Morgan fingerprint density at radius 3 is 2.23 bits per heavy atom. The number of nitrogens with zero attached hydrogens (tertiary/aromatic N) is 4. The van der Waals surface area contributed by atoms with Gasteiger partial charge in [0.15, 0.2) is 11.6 Å². The summed E-state index contributed by atoms with van der Waals surface area (Å²) in [5.74, 6) is -10.5. The first-order valence-corrected chi connectivity index (χ1v) is 29.7. The first-order valence-electron chi connectivity index (χ1n) is 29.7. The van der Waals surface area contributed by atoms with Crippen LogP contribution in [0.15, 0.2) is 58.3 Å². The minimum absolute atomic E-state index is 0.0203. The summed E-state index contributed by atoms with van der Waals surface area (Å²) in [6, 6.07) is 1.57. The maximum Gasteiger partial charge on any atom is 0.341 e. The SMILES string of the molecule is CO[C@H]1/C=C/O[C@@]2(C)Oc3c(C)c(O)c4c(O)c(c(/C=N/N5CCC(NC6([C@@H]7CCN(c8c(F)cn9c(=O)c(C(=O)O)cc(C%10CC%10)c9c8C)C7)CC6)CC5)c(O)c4c3C2=O)NC(=O)/C(C)=C\C=C\[C@@H](C)[C@H](O)[C@@H](C)[C@@H](O)[C@@H](C)[C@H](OC(C)=O)[C@@H]1C. The molecule has 4 fully saturated rings. The molecular formula is C64H79FN6O15. The molecule has 4 aromatic rings. The van der Waals surface area contributed by atoms with Crippen molar-refractivity contribution in [2.75, 3.05) is 43.5 Å². The zero-order valence-electron chi connectivity index (χ0n) is 50.3. The highest BCUT2D eigenvalue weighted by Gasteiger charge is 2.53. The maximum atomic E-state index is 16.2. The van der Waals surface area contributed by atoms with Crippen molar-refractivity contribution in [2.45, 2.75) is 155 Å². The van der Waals surface area contributed by atoms with Crippen molar-refractivity contribution >= 4 is 57.5 Å². The summed E-state index contributed by atoms with van der Waals surface area (Å²) in [7, 11) is 1.43. The number of rotatable bonds is 10. The summed E-state index contributed by atoms with van der Waals surface area (Å²) < 4.78 is 41.3. The summed E-state index contributed by atoms with van der Waals surface area (Å²) >= 11 is 0. The van der Waals surface area contributed by atoms with E-state index in [2.05, 4.69) is 15.5 Å². The standard InChI is InChI=1S/C64H79FN6O15/c1-30-12-11-13-31(2)60(79)67-49-43(27-66-70-23-17-40(18-24-70)68-64(20-21-64)39-16-22-69(28-39)51-33(4)50-41(38-14-15-38)26-42(62(81)82)61(80)71(50)29-44(51)65)55(76)46-47(56(49)77)54(75)36(7)58-48(46)59(78)63(9,86-58)84-25-19-45(83-10)32(3)57(85-37(8)72)35(6)53(74)34(5)52(30)73/h11-13,19,25-27,29-30,32,34-35,38-40,45,52-53,57,68,73-77H,14-18,20-24,28H2,1-10H3,(H,67,79)(H,81,82)/b12-11+,25-19+,31-13-,66-27+/t30-,32-,34-,35-,39-,45+,52+,53-,57-,63+/m1/s1. The van der Waals surface area contributed by atoms with Crippen LogP contribution in [0.5, 0.6) is 23.0 Å². The van der Waals surface area contributed by atoms with E-state index < -0.39 is 106 Å². The summed E-state index contributed by atoms with van der Waals surface area (Å²) in [5.41, 5.74) is 0.517. The van der Waals surface area contributed by atoms with Gasteiger partial charge in [-0.25, -0.2) is 9.18 Å². The fraction of sp³-hybridized carbons (Fsp3) is 0.531. The number of aromatic carboxylic acids is 1. The number of piperidine rings is 1. The number of nitrogens with one attached hydrogen (secondary N) is 2. The van der Waals surface area contributed by atoms with Gasteiger partial charge in [-0.15, -0.1) is 0 Å². The predicted molar refractivity (Wildman–Crippen MR) is 319 cm³/mol. The van der Waals surface area contributed by atoms with Gasteiger partial charge in [-0.2, -0.15) is 5.10 Å². The maximum absolute atomic E-state index is 16.2. The highest BCUT2D eigenvalue weighted by atomic mass is 19.1. The first-order chi connectivity index (χ1) is 40.7. The number of amides is 1. The zero-order chi connectivity index (χ0) is 62.2. The molecular weight excluding hydrogens is 1110 g/mol. The highest BCUT2D eigenvalue weighted by molar-refractivity contribution is 6.24. The van der Waals surface area contributed by atoms with Gasteiger partial charge in [-0.1, -0.05) is 45.9 Å². The van der Waals surface area contributed by atoms with E-state index in [4.69, 9.17) is 24.0 Å². The molecule has 2 saturated heterocycles. The zero-order valence-corrected chi connectivity index (χ0v) is 50.3. The van der Waals surface area contributed by atoms with Crippen LogP contribution in [0.25, 0.3) is 16.3 Å². The minimum atomic E-state index is -2.11. The molecule has 5 bridgehead atoms. The summed E-state index contributed by atoms with van der Waals surface area (Å²) in [6.07, 6.45) is 11.6. The second-order valence-corrected chi connectivity index (χ2v) is 24.9. The fourth-order valence-corrected chi connectivity index (χ4v) is 13.7. The molecule has 5 aliphatic heterocycles. The third-order valence-electron chi connectivity index (χ3n) is 19.1. The molecule has 462 valence electrons. The van der Waals surface area contributed by atoms with E-state index in [1.807, 2.05) is 6.92 Å². The number of ketones is 1. The van der Waals surface area contributed by atoms with E-state index in [0.29, 0.717) is 55.8 Å². The van der Waals surface area contributed by atoms with E-state index in [0.717, 1.165) is 43.9 Å². The van der Waals surface area contributed by atoms with Crippen LogP contribution < -0.4 is 25.8 Å². The number of esters is 1. The largest absolute Gasteiger partial charge is 0.507 e. The Labute approximate surface area is 497 Å². The Balaban J connectivity index is 0.922. The van der Waals surface area contributed by atoms with Gasteiger partial charge in [-0.05, 0) is 101 Å². The molecule has 2 aliphatic carbocycles. The number of carboxylic acid groups (broad SMARTS) is 1. The molecule has 2 aromatic heterocycles. The predicted octanol–water partition coefficient (Wildman–Crippen LogP) is 7.84. The number of phenolic OH excluding ortho intramolecular Hbond substituents is 3. The number of ether oxygens (including phenoxy) is 4. The average molecular weight is 1190 g/mol. The van der Waals surface area contributed by atoms with Crippen LogP contribution in [0.3, 0.4) is 0 Å². The Bertz CT molecular complexity index is 3600. The van der Waals surface area contributed by atoms with Crippen molar-refractivity contribution < 1.29 is 73.2 Å². The molecule has 0 radical (unpaired) electrons. The highest BCUT2D eigenvalue weighted by Crippen LogP contribution is 2.56. The summed E-state index contributed by atoms with van der Waals surface area (Å²) in [6.45, 7) is 16.4. The number of carbonyl (C=O) groups is 4. The number of carbonyl (C=O) groups excluding carboxylic acids is 3. The van der Waals surface area contributed by atoms with Gasteiger partial charge in [-0.3, -0.25) is 28.6 Å². The number of hydrazone groups is 1. The Kier molecular flexibility index (Phi) is 16.9. The lowest BCUT2D eigenvalue weighted by Crippen LogP contribution is -2.49. The van der Waals surface area contributed by atoms with Crippen molar-refractivity contribution in [3.63, 3.8) is 0 Å². The molecule has 86 heavy (non-hydrogen) atoms. The number of halogens is 1. The van der Waals surface area contributed by atoms with Crippen LogP contribution in [0.1, 0.15) is 142 Å². The number of aliphatic hydroxyl groups excluding tert-OH is 2. The van der Waals surface area contributed by atoms with E-state index in [1.54, 1.807) is 44.9 Å². The molecule has 21 nitrogen and oxygen atoms in total. The second-order valence-electron chi connectivity index (χ2n) is 24.9. The smallest absolute Gasteiger partial charge is 0.341 e. The van der Waals surface area contributed by atoms with Crippen molar-refractivity contribution in [2.24, 2.45) is 34.7 Å². The third-order valence-corrected chi connectivity index (χ3v) is 19.1. The number of hydrogen-bond donors (Lipinski definition) is 8. The molecule has 22 heteroatoms. The average Bonchev–Trinajstić information content (AvgIpc) is 1.54. The quantitative estimate of drug-likeness (QED) is 0.0325. The van der Waals surface area contributed by atoms with Crippen molar-refractivity contribution in [3.8, 4) is 23.0 Å². The monoisotopic (exact) mass is 1190 g/mol. The topological polar surface area (TPSA) is 291 Å².